The highest BCUT2D eigenvalue weighted by Crippen LogP contribution is 1.79. The van der Waals surface area contributed by atoms with Crippen LogP contribution >= 0.6 is 0 Å². The molecule has 0 heterocycles. The quantitative estimate of drug-likeness (QED) is 0.466. The molecule has 0 fully saturated rings. The van der Waals surface area contributed by atoms with Crippen LogP contribution < -0.4 is 16.4 Å². The van der Waals surface area contributed by atoms with Gasteiger partial charge in [-0.3, -0.25) is 0 Å². The molecule has 12 heavy (non-hydrogen) atoms. The second-order valence-electron chi connectivity index (χ2n) is 2.26. The van der Waals surface area contributed by atoms with Gasteiger partial charge in [-0.25, -0.2) is 4.79 Å². The van der Waals surface area contributed by atoms with Crippen molar-refractivity contribution in [2.24, 2.45) is 5.73 Å². The minimum atomic E-state index is -0.158. The molecule has 0 aliphatic heterocycles. The van der Waals surface area contributed by atoms with E-state index in [9.17, 15) is 4.79 Å². The topological polar surface area (TPSA) is 76.4 Å². The molecule has 0 bridgehead atoms. The van der Waals surface area contributed by atoms with Crippen LogP contribution in [0.4, 0.5) is 4.79 Å². The number of ether oxygens (including phenoxy) is 1. The lowest BCUT2D eigenvalue weighted by Crippen LogP contribution is -2.33. The first-order chi connectivity index (χ1) is 5.81. The minimum Gasteiger partial charge on any atom is -0.380 e. The van der Waals surface area contributed by atoms with Gasteiger partial charge in [0.15, 0.2) is 0 Å². The SMILES string of the molecule is CNC(=O)NCCCOCCN. The Balaban J connectivity index is 2.95. The van der Waals surface area contributed by atoms with Crippen molar-refractivity contribution in [3.63, 3.8) is 0 Å². The summed E-state index contributed by atoms with van der Waals surface area (Å²) < 4.78 is 5.10. The summed E-state index contributed by atoms with van der Waals surface area (Å²) in [7, 11) is 1.58. The third-order valence-electron chi connectivity index (χ3n) is 1.24. The molecular weight excluding hydrogens is 158 g/mol. The Morgan fingerprint density at radius 1 is 1.50 bits per heavy atom. The zero-order valence-corrected chi connectivity index (χ0v) is 7.43. The standard InChI is InChI=1S/C7H17N3O2/c1-9-7(11)10-4-2-5-12-6-3-8/h2-6,8H2,1H3,(H2,9,10,11). The van der Waals surface area contributed by atoms with Crippen LogP contribution in [-0.4, -0.2) is 39.4 Å². The Hall–Kier alpha value is -0.810. The van der Waals surface area contributed by atoms with E-state index in [1.165, 1.54) is 0 Å². The summed E-state index contributed by atoms with van der Waals surface area (Å²) in [5, 5.41) is 5.10. The lowest BCUT2D eigenvalue weighted by atomic mass is 10.4. The molecule has 0 spiro atoms. The van der Waals surface area contributed by atoms with Crippen molar-refractivity contribution in [1.29, 1.82) is 0 Å². The number of nitrogens with one attached hydrogen (secondary N) is 2. The Bertz CT molecular complexity index is 119. The number of hydrogen-bond donors (Lipinski definition) is 3. The molecule has 0 aromatic carbocycles. The van der Waals surface area contributed by atoms with Crippen LogP contribution in [0.5, 0.6) is 0 Å². The third-order valence-corrected chi connectivity index (χ3v) is 1.24. The maximum absolute atomic E-state index is 10.6. The summed E-state index contributed by atoms with van der Waals surface area (Å²) in [6, 6.07) is -0.158. The van der Waals surface area contributed by atoms with E-state index >= 15 is 0 Å². The Kier molecular flexibility index (Phi) is 7.73. The molecule has 0 unspecified atom stereocenters. The molecule has 0 aromatic rings. The first-order valence-corrected chi connectivity index (χ1v) is 4.04. The van der Waals surface area contributed by atoms with Crippen LogP contribution in [0.1, 0.15) is 6.42 Å². The maximum atomic E-state index is 10.6. The van der Waals surface area contributed by atoms with Gasteiger partial charge >= 0.3 is 6.03 Å². The van der Waals surface area contributed by atoms with E-state index in [0.29, 0.717) is 26.3 Å². The summed E-state index contributed by atoms with van der Waals surface area (Å²) in [6.07, 6.45) is 0.813. The zero-order valence-electron chi connectivity index (χ0n) is 7.43. The summed E-state index contributed by atoms with van der Waals surface area (Å²) in [5.74, 6) is 0. The highest BCUT2D eigenvalue weighted by molar-refractivity contribution is 5.73. The Morgan fingerprint density at radius 2 is 2.25 bits per heavy atom. The van der Waals surface area contributed by atoms with Gasteiger partial charge in [-0.2, -0.15) is 0 Å². The zero-order chi connectivity index (χ0) is 9.23. The molecule has 5 nitrogen and oxygen atoms in total. The Labute approximate surface area is 72.6 Å². The second-order valence-corrected chi connectivity index (χ2v) is 2.26. The van der Waals surface area contributed by atoms with Gasteiger partial charge in [0.1, 0.15) is 0 Å². The molecule has 0 aliphatic rings. The van der Waals surface area contributed by atoms with Gasteiger partial charge in [-0.05, 0) is 6.42 Å². The minimum absolute atomic E-state index is 0.158. The molecule has 0 saturated heterocycles. The summed E-state index contributed by atoms with van der Waals surface area (Å²) in [6.45, 7) is 2.40. The third kappa shape index (κ3) is 7.30. The van der Waals surface area contributed by atoms with Crippen molar-refractivity contribution in [3.05, 3.63) is 0 Å². The highest BCUT2D eigenvalue weighted by atomic mass is 16.5. The molecule has 72 valence electrons. The molecule has 2 amide bonds. The van der Waals surface area contributed by atoms with Crippen molar-refractivity contribution in [3.8, 4) is 0 Å². The summed E-state index contributed by atoms with van der Waals surface area (Å²) >= 11 is 0. The maximum Gasteiger partial charge on any atom is 0.314 e. The van der Waals surface area contributed by atoms with E-state index in [0.717, 1.165) is 6.42 Å². The van der Waals surface area contributed by atoms with Crippen molar-refractivity contribution in [2.75, 3.05) is 33.4 Å². The number of amides is 2. The van der Waals surface area contributed by atoms with Crippen LogP contribution in [0, 0.1) is 0 Å². The lowest BCUT2D eigenvalue weighted by molar-refractivity contribution is 0.139. The fourth-order valence-electron chi connectivity index (χ4n) is 0.650. The fraction of sp³-hybridized carbons (Fsp3) is 0.857. The van der Waals surface area contributed by atoms with Crippen LogP contribution in [0.2, 0.25) is 0 Å². The van der Waals surface area contributed by atoms with Crippen LogP contribution in [0.15, 0.2) is 0 Å². The normalized spacial score (nSPS) is 9.50. The van der Waals surface area contributed by atoms with Crippen LogP contribution in [0.3, 0.4) is 0 Å². The van der Waals surface area contributed by atoms with E-state index in [-0.39, 0.29) is 6.03 Å². The van der Waals surface area contributed by atoms with Gasteiger partial charge in [-0.15, -0.1) is 0 Å². The number of nitrogens with two attached hydrogens (primary N) is 1. The van der Waals surface area contributed by atoms with E-state index < -0.39 is 0 Å². The van der Waals surface area contributed by atoms with Gasteiger partial charge in [-0.1, -0.05) is 0 Å². The second kappa shape index (κ2) is 8.29. The number of rotatable bonds is 6. The van der Waals surface area contributed by atoms with Gasteiger partial charge in [0.25, 0.3) is 0 Å². The molecular formula is C7H17N3O2. The van der Waals surface area contributed by atoms with E-state index in [1.807, 2.05) is 0 Å². The molecule has 0 aliphatic carbocycles. The van der Waals surface area contributed by atoms with Crippen molar-refractivity contribution >= 4 is 6.03 Å². The van der Waals surface area contributed by atoms with Crippen molar-refractivity contribution in [1.82, 2.24) is 10.6 Å². The summed E-state index contributed by atoms with van der Waals surface area (Å²) in [5.41, 5.74) is 5.21. The molecule has 5 heteroatoms. The fourth-order valence-corrected chi connectivity index (χ4v) is 0.650. The average Bonchev–Trinajstić information content (AvgIpc) is 2.10. The summed E-state index contributed by atoms with van der Waals surface area (Å²) in [4.78, 5) is 10.6. The average molecular weight is 175 g/mol. The lowest BCUT2D eigenvalue weighted by Gasteiger charge is -2.04. The predicted molar refractivity (Wildman–Crippen MR) is 46.9 cm³/mol. The number of hydrogen-bond acceptors (Lipinski definition) is 3. The predicted octanol–water partition coefficient (Wildman–Crippen LogP) is -0.719. The van der Waals surface area contributed by atoms with Crippen molar-refractivity contribution < 1.29 is 9.53 Å². The molecule has 0 aromatic heterocycles. The van der Waals surface area contributed by atoms with Gasteiger partial charge in [0.05, 0.1) is 6.61 Å². The van der Waals surface area contributed by atoms with Gasteiger partial charge in [0.2, 0.25) is 0 Å². The van der Waals surface area contributed by atoms with E-state index in [4.69, 9.17) is 10.5 Å². The molecule has 0 atom stereocenters. The largest absolute Gasteiger partial charge is 0.380 e. The van der Waals surface area contributed by atoms with E-state index in [1.54, 1.807) is 7.05 Å². The van der Waals surface area contributed by atoms with Crippen LogP contribution in [-0.2, 0) is 4.74 Å². The molecule has 0 saturated carbocycles. The Morgan fingerprint density at radius 3 is 2.83 bits per heavy atom. The molecule has 4 N–H and O–H groups in total. The molecule has 0 rings (SSSR count). The number of urea groups is 1. The molecule has 0 radical (unpaired) electrons. The van der Waals surface area contributed by atoms with Gasteiger partial charge < -0.3 is 21.1 Å². The number of carbonyl (C=O) groups is 1. The monoisotopic (exact) mass is 175 g/mol. The highest BCUT2D eigenvalue weighted by Gasteiger charge is 1.93. The van der Waals surface area contributed by atoms with Crippen molar-refractivity contribution in [2.45, 2.75) is 6.42 Å². The number of carbonyl (C=O) groups excluding carboxylic acids is 1. The van der Waals surface area contributed by atoms with Gasteiger partial charge in [0, 0.05) is 26.7 Å². The van der Waals surface area contributed by atoms with Crippen LogP contribution in [0.25, 0.3) is 0 Å². The first kappa shape index (κ1) is 11.2. The first-order valence-electron chi connectivity index (χ1n) is 4.04. The smallest absolute Gasteiger partial charge is 0.314 e. The van der Waals surface area contributed by atoms with E-state index in [2.05, 4.69) is 10.6 Å².